The van der Waals surface area contributed by atoms with Crippen LogP contribution in [-0.4, -0.2) is 55.0 Å². The van der Waals surface area contributed by atoms with Gasteiger partial charge in [-0.05, 0) is 36.6 Å². The zero-order valence-electron chi connectivity index (χ0n) is 15.3. The number of hydrogen-bond donors (Lipinski definition) is 3. The van der Waals surface area contributed by atoms with Crippen LogP contribution in [0.4, 0.5) is 0 Å². The number of hydrogen-bond acceptors (Lipinski definition) is 6. The number of nitrogens with two attached hydrogens (primary N) is 1. The van der Waals surface area contributed by atoms with Crippen LogP contribution < -0.4 is 16.4 Å². The minimum atomic E-state index is -0.572. The van der Waals surface area contributed by atoms with E-state index >= 15 is 0 Å². The first-order valence-corrected chi connectivity index (χ1v) is 9.35. The zero-order valence-corrected chi connectivity index (χ0v) is 15.3. The Morgan fingerprint density at radius 3 is 2.89 bits per heavy atom. The molecule has 4 N–H and O–H groups in total. The Bertz CT molecular complexity index is 722. The fourth-order valence-corrected chi connectivity index (χ4v) is 3.43. The smallest absolute Gasteiger partial charge is 0.255 e. The second-order valence-electron chi connectivity index (χ2n) is 6.82. The maximum atomic E-state index is 12.8. The van der Waals surface area contributed by atoms with Crippen molar-refractivity contribution in [2.45, 2.75) is 38.4 Å². The molecule has 3 amide bonds. The van der Waals surface area contributed by atoms with E-state index in [0.717, 1.165) is 24.1 Å². The number of piperidine rings is 1. The molecule has 2 aliphatic rings. The third-order valence-electron chi connectivity index (χ3n) is 4.83. The van der Waals surface area contributed by atoms with Crippen molar-refractivity contribution in [3.63, 3.8) is 0 Å². The van der Waals surface area contributed by atoms with Crippen LogP contribution in [0.5, 0.6) is 0 Å². The SMILES string of the molecule is NCCOCCCNCc1ccc2c(c1)C(=O)N(C1CCC(=O)NC1=O)C2. The Kier molecular flexibility index (Phi) is 6.54. The van der Waals surface area contributed by atoms with Gasteiger partial charge in [-0.1, -0.05) is 12.1 Å². The van der Waals surface area contributed by atoms with Crippen LogP contribution >= 0.6 is 0 Å². The van der Waals surface area contributed by atoms with Crippen molar-refractivity contribution in [1.29, 1.82) is 0 Å². The summed E-state index contributed by atoms with van der Waals surface area (Å²) in [5.74, 6) is -0.801. The molecule has 1 atom stereocenters. The number of fused-ring (bicyclic) bond motifs is 1. The van der Waals surface area contributed by atoms with E-state index in [1.54, 1.807) is 4.90 Å². The van der Waals surface area contributed by atoms with E-state index in [9.17, 15) is 14.4 Å². The third-order valence-corrected chi connectivity index (χ3v) is 4.83. The zero-order chi connectivity index (χ0) is 19.2. The van der Waals surface area contributed by atoms with Gasteiger partial charge in [0.15, 0.2) is 0 Å². The van der Waals surface area contributed by atoms with E-state index in [1.165, 1.54) is 0 Å². The van der Waals surface area contributed by atoms with Gasteiger partial charge in [0.05, 0.1) is 6.61 Å². The van der Waals surface area contributed by atoms with Gasteiger partial charge in [0.2, 0.25) is 11.8 Å². The van der Waals surface area contributed by atoms with Crippen molar-refractivity contribution >= 4 is 17.7 Å². The lowest BCUT2D eigenvalue weighted by atomic mass is 10.0. The van der Waals surface area contributed by atoms with Crippen LogP contribution in [0.2, 0.25) is 0 Å². The van der Waals surface area contributed by atoms with Crippen LogP contribution in [0, 0.1) is 0 Å². The Labute approximate surface area is 158 Å². The highest BCUT2D eigenvalue weighted by Gasteiger charge is 2.38. The van der Waals surface area contributed by atoms with E-state index in [2.05, 4.69) is 10.6 Å². The number of amides is 3. The van der Waals surface area contributed by atoms with Gasteiger partial charge in [0.25, 0.3) is 5.91 Å². The Morgan fingerprint density at radius 1 is 1.26 bits per heavy atom. The average molecular weight is 374 g/mol. The largest absolute Gasteiger partial charge is 0.380 e. The number of carbonyl (C=O) groups excluding carboxylic acids is 3. The summed E-state index contributed by atoms with van der Waals surface area (Å²) in [6.45, 7) is 3.68. The van der Waals surface area contributed by atoms with E-state index in [0.29, 0.717) is 44.8 Å². The molecule has 0 bridgehead atoms. The van der Waals surface area contributed by atoms with Crippen LogP contribution in [-0.2, 0) is 27.4 Å². The van der Waals surface area contributed by atoms with Crippen LogP contribution in [0.1, 0.15) is 40.7 Å². The van der Waals surface area contributed by atoms with E-state index < -0.39 is 6.04 Å². The number of ether oxygens (including phenoxy) is 1. The quantitative estimate of drug-likeness (QED) is 0.411. The molecule has 1 saturated heterocycles. The Balaban J connectivity index is 1.53. The number of nitrogens with one attached hydrogen (secondary N) is 2. The number of rotatable bonds is 9. The van der Waals surface area contributed by atoms with Gasteiger partial charge in [0.1, 0.15) is 6.04 Å². The summed E-state index contributed by atoms with van der Waals surface area (Å²) in [7, 11) is 0. The monoisotopic (exact) mass is 374 g/mol. The lowest BCUT2D eigenvalue weighted by Gasteiger charge is -2.29. The van der Waals surface area contributed by atoms with Crippen molar-refractivity contribution in [1.82, 2.24) is 15.5 Å². The fraction of sp³-hybridized carbons (Fsp3) is 0.526. The first kappa shape index (κ1) is 19.5. The average Bonchev–Trinajstić information content (AvgIpc) is 2.97. The van der Waals surface area contributed by atoms with Crippen LogP contribution in [0.3, 0.4) is 0 Å². The number of carbonyl (C=O) groups is 3. The molecular formula is C19H26N4O4. The second-order valence-corrected chi connectivity index (χ2v) is 6.82. The lowest BCUT2D eigenvalue weighted by Crippen LogP contribution is -2.52. The molecular weight excluding hydrogens is 348 g/mol. The summed E-state index contributed by atoms with van der Waals surface area (Å²) in [4.78, 5) is 37.7. The van der Waals surface area contributed by atoms with Gasteiger partial charge >= 0.3 is 0 Å². The number of imide groups is 1. The molecule has 146 valence electrons. The molecule has 1 aromatic carbocycles. The predicted octanol–water partition coefficient (Wildman–Crippen LogP) is -0.0974. The van der Waals surface area contributed by atoms with Gasteiger partial charge in [-0.15, -0.1) is 0 Å². The molecule has 1 unspecified atom stereocenters. The van der Waals surface area contributed by atoms with Crippen molar-refractivity contribution < 1.29 is 19.1 Å². The molecule has 27 heavy (non-hydrogen) atoms. The molecule has 1 fully saturated rings. The second kappa shape index (κ2) is 9.07. The molecule has 0 aromatic heterocycles. The van der Waals surface area contributed by atoms with Gasteiger partial charge < -0.3 is 20.7 Å². The van der Waals surface area contributed by atoms with Crippen LogP contribution in [0.25, 0.3) is 0 Å². The molecule has 2 heterocycles. The summed E-state index contributed by atoms with van der Waals surface area (Å²) in [6, 6.07) is 5.26. The van der Waals surface area contributed by atoms with E-state index in [1.807, 2.05) is 18.2 Å². The molecule has 2 aliphatic heterocycles. The standard InChI is InChI=1S/C19H26N4O4/c20-6-9-27-8-1-7-21-11-13-2-3-14-12-23(19(26)15(14)10-13)16-4-5-17(24)22-18(16)25/h2-3,10,16,21H,1,4-9,11-12,20H2,(H,22,24,25). The molecule has 3 rings (SSSR count). The highest BCUT2D eigenvalue weighted by atomic mass is 16.5. The molecule has 0 aliphatic carbocycles. The molecule has 0 saturated carbocycles. The summed E-state index contributed by atoms with van der Waals surface area (Å²) in [5, 5.41) is 5.65. The third kappa shape index (κ3) is 4.71. The predicted molar refractivity (Wildman–Crippen MR) is 98.7 cm³/mol. The number of nitrogens with zero attached hydrogens (tertiary/aromatic N) is 1. The minimum absolute atomic E-state index is 0.142. The fourth-order valence-electron chi connectivity index (χ4n) is 3.43. The van der Waals surface area contributed by atoms with Gasteiger partial charge in [-0.3, -0.25) is 19.7 Å². The highest BCUT2D eigenvalue weighted by molar-refractivity contribution is 6.05. The molecule has 8 nitrogen and oxygen atoms in total. The van der Waals surface area contributed by atoms with Crippen molar-refractivity contribution in [2.24, 2.45) is 5.73 Å². The summed E-state index contributed by atoms with van der Waals surface area (Å²) < 4.78 is 5.33. The molecule has 8 heteroatoms. The Morgan fingerprint density at radius 2 is 2.11 bits per heavy atom. The van der Waals surface area contributed by atoms with Crippen LogP contribution in [0.15, 0.2) is 18.2 Å². The first-order chi connectivity index (χ1) is 13.1. The molecule has 1 aromatic rings. The van der Waals surface area contributed by atoms with Crippen molar-refractivity contribution in [3.05, 3.63) is 34.9 Å². The van der Waals surface area contributed by atoms with E-state index in [4.69, 9.17) is 10.5 Å². The topological polar surface area (TPSA) is 114 Å². The van der Waals surface area contributed by atoms with Gasteiger partial charge in [-0.25, -0.2) is 0 Å². The maximum Gasteiger partial charge on any atom is 0.255 e. The van der Waals surface area contributed by atoms with Crippen molar-refractivity contribution in [2.75, 3.05) is 26.3 Å². The first-order valence-electron chi connectivity index (χ1n) is 9.35. The van der Waals surface area contributed by atoms with E-state index in [-0.39, 0.29) is 24.1 Å². The van der Waals surface area contributed by atoms with Gasteiger partial charge in [-0.2, -0.15) is 0 Å². The molecule has 0 radical (unpaired) electrons. The summed E-state index contributed by atoms with van der Waals surface area (Å²) in [6.07, 6.45) is 1.54. The highest BCUT2D eigenvalue weighted by Crippen LogP contribution is 2.28. The lowest BCUT2D eigenvalue weighted by molar-refractivity contribution is -0.136. The molecule has 0 spiro atoms. The minimum Gasteiger partial charge on any atom is -0.380 e. The van der Waals surface area contributed by atoms with Crippen molar-refractivity contribution in [3.8, 4) is 0 Å². The Hall–Kier alpha value is -2.29. The summed E-state index contributed by atoms with van der Waals surface area (Å²) in [5.41, 5.74) is 7.95. The van der Waals surface area contributed by atoms with Gasteiger partial charge in [0, 0.05) is 38.2 Å². The normalized spacial score (nSPS) is 19.4. The number of benzene rings is 1. The summed E-state index contributed by atoms with van der Waals surface area (Å²) >= 11 is 0. The maximum absolute atomic E-state index is 12.8.